The van der Waals surface area contributed by atoms with Crippen LogP contribution < -0.4 is 5.32 Å². The maximum absolute atomic E-state index is 12.6. The highest BCUT2D eigenvalue weighted by atomic mass is 32.2. The van der Waals surface area contributed by atoms with Gasteiger partial charge in [-0.05, 0) is 37.6 Å². The number of nitrogens with zero attached hydrogens (tertiary/aromatic N) is 1. The second-order valence-electron chi connectivity index (χ2n) is 4.99. The minimum Gasteiger partial charge on any atom is -0.385 e. The van der Waals surface area contributed by atoms with E-state index in [1.807, 2.05) is 30.8 Å². The molecule has 0 spiro atoms. The lowest BCUT2D eigenvalue weighted by atomic mass is 10.3. The molecule has 112 valence electrons. The van der Waals surface area contributed by atoms with Crippen molar-refractivity contribution in [3.8, 4) is 0 Å². The van der Waals surface area contributed by atoms with Crippen molar-refractivity contribution in [2.75, 3.05) is 29.9 Å². The Hall–Kier alpha value is -0.720. The maximum Gasteiger partial charge on any atom is 0.243 e. The molecule has 20 heavy (non-hydrogen) atoms. The molecule has 1 N–H and O–H groups in total. The second-order valence-corrected chi connectivity index (χ2v) is 8.03. The van der Waals surface area contributed by atoms with Crippen LogP contribution in [0.4, 0.5) is 5.69 Å². The summed E-state index contributed by atoms with van der Waals surface area (Å²) in [5.74, 6) is 1.75. The molecule has 0 saturated carbocycles. The predicted molar refractivity (Wildman–Crippen MR) is 85.9 cm³/mol. The average Bonchev–Trinajstić information content (AvgIpc) is 2.46. The zero-order valence-electron chi connectivity index (χ0n) is 12.0. The normalized spacial score (nSPS) is 20.8. The molecule has 1 aromatic carbocycles. The van der Waals surface area contributed by atoms with Crippen molar-refractivity contribution in [1.82, 2.24) is 4.31 Å². The molecule has 1 heterocycles. The topological polar surface area (TPSA) is 49.4 Å². The van der Waals surface area contributed by atoms with E-state index < -0.39 is 10.0 Å². The molecule has 1 saturated heterocycles. The maximum atomic E-state index is 12.6. The van der Waals surface area contributed by atoms with Gasteiger partial charge in [0.2, 0.25) is 10.0 Å². The number of anilines is 1. The molecule has 1 aliphatic heterocycles. The van der Waals surface area contributed by atoms with Crippen molar-refractivity contribution in [3.05, 3.63) is 24.3 Å². The predicted octanol–water partition coefficient (Wildman–Crippen LogP) is 2.63. The van der Waals surface area contributed by atoms with Gasteiger partial charge in [0.25, 0.3) is 0 Å². The van der Waals surface area contributed by atoms with E-state index in [0.717, 1.165) is 30.2 Å². The molecule has 1 unspecified atom stereocenters. The fraction of sp³-hybridized carbons (Fsp3) is 0.571. The Labute approximate surface area is 126 Å². The Bertz CT molecular complexity index is 529. The molecule has 0 amide bonds. The molecule has 0 bridgehead atoms. The van der Waals surface area contributed by atoms with Gasteiger partial charge in [0.1, 0.15) is 0 Å². The molecule has 1 fully saturated rings. The lowest BCUT2D eigenvalue weighted by Crippen LogP contribution is -2.44. The third kappa shape index (κ3) is 3.48. The molecule has 1 aromatic rings. The van der Waals surface area contributed by atoms with Gasteiger partial charge in [-0.1, -0.05) is 6.92 Å². The summed E-state index contributed by atoms with van der Waals surface area (Å²) in [5, 5.41) is 3.25. The molecule has 1 atom stereocenters. The first-order valence-corrected chi connectivity index (χ1v) is 9.58. The van der Waals surface area contributed by atoms with Crippen molar-refractivity contribution >= 4 is 27.5 Å². The molecule has 0 radical (unpaired) electrons. The van der Waals surface area contributed by atoms with Gasteiger partial charge in [-0.3, -0.25) is 0 Å². The number of sulfonamides is 1. The summed E-state index contributed by atoms with van der Waals surface area (Å²) in [7, 11) is -3.36. The van der Waals surface area contributed by atoms with Gasteiger partial charge >= 0.3 is 0 Å². The van der Waals surface area contributed by atoms with Crippen molar-refractivity contribution < 1.29 is 8.42 Å². The summed E-state index contributed by atoms with van der Waals surface area (Å²) < 4.78 is 26.9. The Morgan fingerprint density at radius 1 is 1.35 bits per heavy atom. The number of benzene rings is 1. The molecule has 0 aromatic heterocycles. The van der Waals surface area contributed by atoms with E-state index >= 15 is 0 Å². The standard InChI is InChI=1S/C14H22N2O2S2/c1-3-8-15-13-4-6-14(7-5-13)20(17,18)16-9-10-19-11-12(16)2/h4-7,12,15H,3,8-11H2,1-2H3. The molecule has 4 nitrogen and oxygen atoms in total. The van der Waals surface area contributed by atoms with Gasteiger partial charge in [-0.2, -0.15) is 16.1 Å². The summed E-state index contributed by atoms with van der Waals surface area (Å²) in [4.78, 5) is 0.387. The van der Waals surface area contributed by atoms with Gasteiger partial charge in [-0.25, -0.2) is 8.42 Å². The molecule has 0 aliphatic carbocycles. The highest BCUT2D eigenvalue weighted by molar-refractivity contribution is 7.99. The molecular formula is C14H22N2O2S2. The summed E-state index contributed by atoms with van der Waals surface area (Å²) in [6, 6.07) is 7.14. The van der Waals surface area contributed by atoms with Crippen LogP contribution >= 0.6 is 11.8 Å². The number of thioether (sulfide) groups is 1. The summed E-state index contributed by atoms with van der Waals surface area (Å²) in [5.41, 5.74) is 0.966. The van der Waals surface area contributed by atoms with Gasteiger partial charge in [-0.15, -0.1) is 0 Å². The summed E-state index contributed by atoms with van der Waals surface area (Å²) >= 11 is 1.81. The zero-order valence-corrected chi connectivity index (χ0v) is 13.6. The highest BCUT2D eigenvalue weighted by Gasteiger charge is 2.31. The smallest absolute Gasteiger partial charge is 0.243 e. The van der Waals surface area contributed by atoms with E-state index in [0.29, 0.717) is 11.4 Å². The number of hydrogen-bond donors (Lipinski definition) is 1. The van der Waals surface area contributed by atoms with Gasteiger partial charge in [0.05, 0.1) is 4.90 Å². The number of nitrogens with one attached hydrogen (secondary N) is 1. The first kappa shape index (κ1) is 15.7. The lowest BCUT2D eigenvalue weighted by molar-refractivity contribution is 0.367. The van der Waals surface area contributed by atoms with E-state index in [1.165, 1.54) is 0 Å². The van der Waals surface area contributed by atoms with E-state index in [-0.39, 0.29) is 6.04 Å². The first-order valence-electron chi connectivity index (χ1n) is 6.99. The largest absolute Gasteiger partial charge is 0.385 e. The molecule has 2 rings (SSSR count). The molecule has 6 heteroatoms. The van der Waals surface area contributed by atoms with Crippen LogP contribution in [0.5, 0.6) is 0 Å². The van der Waals surface area contributed by atoms with E-state index in [1.54, 1.807) is 16.4 Å². The van der Waals surface area contributed by atoms with Crippen LogP contribution in [-0.4, -0.2) is 43.4 Å². The van der Waals surface area contributed by atoms with Crippen molar-refractivity contribution in [2.24, 2.45) is 0 Å². The zero-order chi connectivity index (χ0) is 14.6. The summed E-state index contributed by atoms with van der Waals surface area (Å²) in [6.45, 7) is 5.57. The average molecular weight is 314 g/mol. The van der Waals surface area contributed by atoms with Crippen molar-refractivity contribution in [2.45, 2.75) is 31.2 Å². The van der Waals surface area contributed by atoms with Crippen LogP contribution in [0.15, 0.2) is 29.2 Å². The van der Waals surface area contributed by atoms with Crippen LogP contribution in [0.25, 0.3) is 0 Å². The third-order valence-electron chi connectivity index (χ3n) is 3.35. The quantitative estimate of drug-likeness (QED) is 0.908. The Morgan fingerprint density at radius 2 is 2.05 bits per heavy atom. The first-order chi connectivity index (χ1) is 9.55. The van der Waals surface area contributed by atoms with Crippen molar-refractivity contribution in [1.29, 1.82) is 0 Å². The van der Waals surface area contributed by atoms with Gasteiger partial charge in [0.15, 0.2) is 0 Å². The third-order valence-corrected chi connectivity index (χ3v) is 6.56. The Morgan fingerprint density at radius 3 is 2.65 bits per heavy atom. The lowest BCUT2D eigenvalue weighted by Gasteiger charge is -2.31. The Balaban J connectivity index is 2.16. The van der Waals surface area contributed by atoms with Crippen LogP contribution in [0, 0.1) is 0 Å². The van der Waals surface area contributed by atoms with Crippen LogP contribution in [0.1, 0.15) is 20.3 Å². The Kier molecular flexibility index (Phi) is 5.35. The van der Waals surface area contributed by atoms with Crippen LogP contribution in [0.2, 0.25) is 0 Å². The molecule has 1 aliphatic rings. The second kappa shape index (κ2) is 6.83. The van der Waals surface area contributed by atoms with Crippen molar-refractivity contribution in [3.63, 3.8) is 0 Å². The SMILES string of the molecule is CCCNc1ccc(S(=O)(=O)N2CCSCC2C)cc1. The monoisotopic (exact) mass is 314 g/mol. The minimum atomic E-state index is -3.36. The van der Waals surface area contributed by atoms with Crippen LogP contribution in [-0.2, 0) is 10.0 Å². The van der Waals surface area contributed by atoms with E-state index in [4.69, 9.17) is 0 Å². The molecular weight excluding hydrogens is 292 g/mol. The minimum absolute atomic E-state index is 0.0663. The number of rotatable bonds is 5. The summed E-state index contributed by atoms with van der Waals surface area (Å²) in [6.07, 6.45) is 1.04. The van der Waals surface area contributed by atoms with E-state index in [2.05, 4.69) is 12.2 Å². The number of hydrogen-bond acceptors (Lipinski definition) is 4. The highest BCUT2D eigenvalue weighted by Crippen LogP contribution is 2.25. The van der Waals surface area contributed by atoms with Gasteiger partial charge in [0, 0.05) is 36.3 Å². The fourth-order valence-electron chi connectivity index (χ4n) is 2.22. The van der Waals surface area contributed by atoms with Crippen LogP contribution in [0.3, 0.4) is 0 Å². The fourth-order valence-corrected chi connectivity index (χ4v) is 5.07. The van der Waals surface area contributed by atoms with E-state index in [9.17, 15) is 8.42 Å². The van der Waals surface area contributed by atoms with Gasteiger partial charge < -0.3 is 5.32 Å².